The first-order chi connectivity index (χ1) is 8.43. The fourth-order valence-electron chi connectivity index (χ4n) is 1.56. The largest absolute Gasteiger partial charge is 0.384 e. The molecule has 0 heterocycles. The van der Waals surface area contributed by atoms with Crippen molar-refractivity contribution in [2.75, 3.05) is 24.8 Å². The number of methoxy groups -OCH3 is 1. The SMILES string of the molecule is COCCS(=O)(=O)NC(C)(CBr)c1ccccc1. The topological polar surface area (TPSA) is 55.4 Å². The van der Waals surface area contributed by atoms with Gasteiger partial charge < -0.3 is 4.74 Å². The van der Waals surface area contributed by atoms with E-state index in [2.05, 4.69) is 20.7 Å². The van der Waals surface area contributed by atoms with Crippen molar-refractivity contribution < 1.29 is 13.2 Å². The second-order valence-electron chi connectivity index (χ2n) is 4.25. The van der Waals surface area contributed by atoms with Gasteiger partial charge in [-0.2, -0.15) is 0 Å². The Kier molecular flexibility index (Phi) is 5.78. The van der Waals surface area contributed by atoms with E-state index < -0.39 is 15.6 Å². The maximum absolute atomic E-state index is 11.9. The third kappa shape index (κ3) is 4.35. The zero-order valence-corrected chi connectivity index (χ0v) is 12.9. The summed E-state index contributed by atoms with van der Waals surface area (Å²) in [6.07, 6.45) is 0. The lowest BCUT2D eigenvalue weighted by atomic mass is 9.96. The molecule has 0 aliphatic heterocycles. The average molecular weight is 336 g/mol. The van der Waals surface area contributed by atoms with E-state index in [9.17, 15) is 8.42 Å². The monoisotopic (exact) mass is 335 g/mol. The number of rotatable bonds is 7. The van der Waals surface area contributed by atoms with Crippen molar-refractivity contribution in [3.63, 3.8) is 0 Å². The highest BCUT2D eigenvalue weighted by Gasteiger charge is 2.30. The van der Waals surface area contributed by atoms with Gasteiger partial charge >= 0.3 is 0 Å². The highest BCUT2D eigenvalue weighted by Crippen LogP contribution is 2.23. The smallest absolute Gasteiger partial charge is 0.214 e. The first-order valence-corrected chi connectivity index (χ1v) is 8.33. The molecule has 4 nitrogen and oxygen atoms in total. The van der Waals surface area contributed by atoms with E-state index in [1.807, 2.05) is 37.3 Å². The molecule has 1 atom stereocenters. The molecule has 0 spiro atoms. The van der Waals surface area contributed by atoms with Crippen LogP contribution in [0.5, 0.6) is 0 Å². The highest BCUT2D eigenvalue weighted by molar-refractivity contribution is 9.09. The number of hydrogen-bond donors (Lipinski definition) is 1. The molecule has 0 aliphatic rings. The van der Waals surface area contributed by atoms with Gasteiger partial charge in [0.15, 0.2) is 0 Å². The van der Waals surface area contributed by atoms with Crippen molar-refractivity contribution in [1.82, 2.24) is 4.72 Å². The first-order valence-electron chi connectivity index (χ1n) is 5.55. The molecule has 1 N–H and O–H groups in total. The minimum atomic E-state index is -3.37. The molecule has 0 radical (unpaired) electrons. The van der Waals surface area contributed by atoms with E-state index in [0.717, 1.165) is 5.56 Å². The summed E-state index contributed by atoms with van der Waals surface area (Å²) in [4.78, 5) is 0. The molecule has 0 aliphatic carbocycles. The minimum Gasteiger partial charge on any atom is -0.384 e. The van der Waals surface area contributed by atoms with Crippen LogP contribution in [-0.2, 0) is 20.3 Å². The van der Waals surface area contributed by atoms with Gasteiger partial charge in [-0.25, -0.2) is 13.1 Å². The van der Waals surface area contributed by atoms with Gasteiger partial charge in [-0.05, 0) is 12.5 Å². The van der Waals surface area contributed by atoms with E-state index in [4.69, 9.17) is 4.74 Å². The Morgan fingerprint density at radius 3 is 2.44 bits per heavy atom. The van der Waals surface area contributed by atoms with Gasteiger partial charge in [-0.1, -0.05) is 46.3 Å². The molecule has 1 rings (SSSR count). The van der Waals surface area contributed by atoms with E-state index in [1.165, 1.54) is 7.11 Å². The van der Waals surface area contributed by atoms with Gasteiger partial charge in [0.25, 0.3) is 0 Å². The summed E-state index contributed by atoms with van der Waals surface area (Å²) in [7, 11) is -1.88. The van der Waals surface area contributed by atoms with Gasteiger partial charge in [0.1, 0.15) is 0 Å². The highest BCUT2D eigenvalue weighted by atomic mass is 79.9. The molecular formula is C12H18BrNO3S. The normalized spacial score (nSPS) is 15.3. The van der Waals surface area contributed by atoms with Gasteiger partial charge in [0.2, 0.25) is 10.0 Å². The Morgan fingerprint density at radius 2 is 1.94 bits per heavy atom. The van der Waals surface area contributed by atoms with Gasteiger partial charge in [-0.15, -0.1) is 0 Å². The Balaban J connectivity index is 2.90. The molecule has 0 saturated carbocycles. The van der Waals surface area contributed by atoms with Crippen molar-refractivity contribution in [2.24, 2.45) is 0 Å². The van der Waals surface area contributed by atoms with Gasteiger partial charge in [0, 0.05) is 12.4 Å². The van der Waals surface area contributed by atoms with E-state index in [-0.39, 0.29) is 12.4 Å². The molecular weight excluding hydrogens is 318 g/mol. The van der Waals surface area contributed by atoms with Gasteiger partial charge in [-0.3, -0.25) is 0 Å². The second-order valence-corrected chi connectivity index (χ2v) is 6.65. The van der Waals surface area contributed by atoms with Crippen molar-refractivity contribution in [1.29, 1.82) is 0 Å². The molecule has 1 unspecified atom stereocenters. The summed E-state index contributed by atoms with van der Waals surface area (Å²) in [6.45, 7) is 2.03. The number of ether oxygens (including phenoxy) is 1. The lowest BCUT2D eigenvalue weighted by molar-refractivity contribution is 0.216. The standard InChI is InChI=1S/C12H18BrNO3S/c1-12(10-13,11-6-4-3-5-7-11)14-18(15,16)9-8-17-2/h3-7,14H,8-10H2,1-2H3. The number of benzene rings is 1. The van der Waals surface area contributed by atoms with Crippen LogP contribution in [0.4, 0.5) is 0 Å². The van der Waals surface area contributed by atoms with Crippen LogP contribution >= 0.6 is 15.9 Å². The maximum Gasteiger partial charge on any atom is 0.214 e. The molecule has 0 fully saturated rings. The number of halogens is 1. The molecule has 0 aromatic heterocycles. The second kappa shape index (κ2) is 6.65. The number of sulfonamides is 1. The maximum atomic E-state index is 11.9. The fraction of sp³-hybridized carbons (Fsp3) is 0.500. The lowest BCUT2D eigenvalue weighted by Gasteiger charge is -2.29. The van der Waals surface area contributed by atoms with E-state index >= 15 is 0 Å². The zero-order chi connectivity index (χ0) is 13.6. The molecule has 0 saturated heterocycles. The average Bonchev–Trinajstić information content (AvgIpc) is 2.37. The van der Waals surface area contributed by atoms with E-state index in [1.54, 1.807) is 0 Å². The fourth-order valence-corrected chi connectivity index (χ4v) is 3.57. The molecule has 18 heavy (non-hydrogen) atoms. The van der Waals surface area contributed by atoms with Crippen LogP contribution in [-0.4, -0.2) is 33.2 Å². The van der Waals surface area contributed by atoms with Crippen LogP contribution in [0.2, 0.25) is 0 Å². The number of hydrogen-bond acceptors (Lipinski definition) is 3. The van der Waals surface area contributed by atoms with Crippen molar-refractivity contribution in [3.8, 4) is 0 Å². The van der Waals surface area contributed by atoms with Crippen molar-refractivity contribution >= 4 is 26.0 Å². The Hall–Kier alpha value is -0.430. The van der Waals surface area contributed by atoms with Crippen molar-refractivity contribution in [2.45, 2.75) is 12.5 Å². The lowest BCUT2D eigenvalue weighted by Crippen LogP contribution is -2.46. The van der Waals surface area contributed by atoms with Crippen LogP contribution in [0.15, 0.2) is 30.3 Å². The summed E-state index contributed by atoms with van der Waals surface area (Å²) >= 11 is 3.37. The zero-order valence-electron chi connectivity index (χ0n) is 10.5. The first kappa shape index (κ1) is 15.6. The van der Waals surface area contributed by atoms with Crippen LogP contribution in [0.3, 0.4) is 0 Å². The number of alkyl halides is 1. The van der Waals surface area contributed by atoms with Crippen LogP contribution in [0.25, 0.3) is 0 Å². The summed E-state index contributed by atoms with van der Waals surface area (Å²) in [5, 5.41) is 0.496. The minimum absolute atomic E-state index is 0.0427. The Bertz CT molecular complexity index is 463. The summed E-state index contributed by atoms with van der Waals surface area (Å²) in [6, 6.07) is 9.48. The third-order valence-corrected chi connectivity index (χ3v) is 5.20. The Morgan fingerprint density at radius 1 is 1.33 bits per heavy atom. The molecule has 1 aromatic carbocycles. The Labute approximate surface area is 117 Å². The summed E-state index contributed by atoms with van der Waals surface area (Å²) in [5.41, 5.74) is 0.260. The predicted molar refractivity (Wildman–Crippen MR) is 76.4 cm³/mol. The van der Waals surface area contributed by atoms with Gasteiger partial charge in [0.05, 0.1) is 17.9 Å². The molecule has 102 valence electrons. The molecule has 0 bridgehead atoms. The molecule has 6 heteroatoms. The predicted octanol–water partition coefficient (Wildman–Crippen LogP) is 1.86. The molecule has 1 aromatic rings. The molecule has 0 amide bonds. The van der Waals surface area contributed by atoms with Crippen LogP contribution in [0.1, 0.15) is 12.5 Å². The number of nitrogens with one attached hydrogen (secondary N) is 1. The quantitative estimate of drug-likeness (QED) is 0.774. The van der Waals surface area contributed by atoms with Crippen LogP contribution in [0, 0.1) is 0 Å². The van der Waals surface area contributed by atoms with Crippen molar-refractivity contribution in [3.05, 3.63) is 35.9 Å². The van der Waals surface area contributed by atoms with Crippen LogP contribution < -0.4 is 4.72 Å². The van der Waals surface area contributed by atoms with E-state index in [0.29, 0.717) is 5.33 Å². The summed E-state index contributed by atoms with van der Waals surface area (Å²) < 4.78 is 31.4. The summed E-state index contributed by atoms with van der Waals surface area (Å²) in [5.74, 6) is -0.0427. The third-order valence-electron chi connectivity index (χ3n) is 2.62.